The highest BCUT2D eigenvalue weighted by molar-refractivity contribution is 7.80. The second kappa shape index (κ2) is 5.60. The Bertz CT molecular complexity index is 566. The van der Waals surface area contributed by atoms with Crippen molar-refractivity contribution in [1.82, 2.24) is 4.98 Å². The Morgan fingerprint density at radius 2 is 1.94 bits per heavy atom. The van der Waals surface area contributed by atoms with Crippen LogP contribution in [0.3, 0.4) is 0 Å². The van der Waals surface area contributed by atoms with Crippen molar-refractivity contribution >= 4 is 28.8 Å². The third-order valence-corrected chi connectivity index (χ3v) is 2.72. The summed E-state index contributed by atoms with van der Waals surface area (Å²) < 4.78 is 0. The van der Waals surface area contributed by atoms with Gasteiger partial charge in [-0.05, 0) is 55.4 Å². The predicted molar refractivity (Wildman–Crippen MR) is 80.0 cm³/mol. The van der Waals surface area contributed by atoms with Crippen molar-refractivity contribution in [1.29, 1.82) is 0 Å². The first-order chi connectivity index (χ1) is 8.65. The minimum absolute atomic E-state index is 0.544. The number of hydrogen-bond donors (Lipinski definition) is 2. The third kappa shape index (κ3) is 3.28. The summed E-state index contributed by atoms with van der Waals surface area (Å²) in [6.07, 6.45) is 1.74. The van der Waals surface area contributed by atoms with E-state index in [0.717, 1.165) is 17.1 Å². The van der Waals surface area contributed by atoms with Gasteiger partial charge in [-0.3, -0.25) is 0 Å². The number of thiocarbonyl (C=S) groups is 1. The summed E-state index contributed by atoms with van der Waals surface area (Å²) in [7, 11) is 0. The van der Waals surface area contributed by atoms with Crippen LogP contribution in [0.4, 0.5) is 11.5 Å². The zero-order valence-corrected chi connectivity index (χ0v) is 11.2. The molecule has 0 unspecified atom stereocenters. The molecule has 2 aromatic rings. The van der Waals surface area contributed by atoms with Gasteiger partial charge in [0.05, 0.1) is 0 Å². The van der Waals surface area contributed by atoms with E-state index in [4.69, 9.17) is 12.2 Å². The molecule has 4 heteroatoms. The van der Waals surface area contributed by atoms with Crippen molar-refractivity contribution in [3.05, 3.63) is 53.7 Å². The fourth-order valence-corrected chi connectivity index (χ4v) is 1.82. The average Bonchev–Trinajstić information content (AvgIpc) is 2.32. The van der Waals surface area contributed by atoms with E-state index in [1.807, 2.05) is 50.2 Å². The highest BCUT2D eigenvalue weighted by atomic mass is 32.1. The summed E-state index contributed by atoms with van der Waals surface area (Å²) in [6.45, 7) is 4.04. The Hall–Kier alpha value is -1.94. The fourth-order valence-electron chi connectivity index (χ4n) is 1.61. The maximum absolute atomic E-state index is 5.26. The molecule has 2 rings (SSSR count). The summed E-state index contributed by atoms with van der Waals surface area (Å²) in [5, 5.41) is 6.77. The first kappa shape index (κ1) is 12.5. The van der Waals surface area contributed by atoms with Gasteiger partial charge >= 0.3 is 0 Å². The van der Waals surface area contributed by atoms with Gasteiger partial charge in [-0.15, -0.1) is 0 Å². The van der Waals surface area contributed by atoms with Crippen LogP contribution in [0.15, 0.2) is 42.6 Å². The molecule has 3 nitrogen and oxygen atoms in total. The van der Waals surface area contributed by atoms with Gasteiger partial charge in [0, 0.05) is 11.9 Å². The first-order valence-corrected chi connectivity index (χ1v) is 6.12. The van der Waals surface area contributed by atoms with E-state index in [0.29, 0.717) is 5.11 Å². The molecule has 0 aliphatic heterocycles. The monoisotopic (exact) mass is 257 g/mol. The van der Waals surface area contributed by atoms with Crippen LogP contribution >= 0.6 is 12.2 Å². The van der Waals surface area contributed by atoms with Crippen LogP contribution in [0.25, 0.3) is 0 Å². The van der Waals surface area contributed by atoms with Gasteiger partial charge in [-0.25, -0.2) is 4.98 Å². The van der Waals surface area contributed by atoms with Crippen molar-refractivity contribution in [3.63, 3.8) is 0 Å². The lowest BCUT2D eigenvalue weighted by atomic mass is 10.2. The zero-order valence-electron chi connectivity index (χ0n) is 10.4. The van der Waals surface area contributed by atoms with Crippen LogP contribution in [-0.2, 0) is 0 Å². The Morgan fingerprint density at radius 3 is 2.67 bits per heavy atom. The minimum atomic E-state index is 0.544. The fraction of sp³-hybridized carbons (Fsp3) is 0.143. The van der Waals surface area contributed by atoms with Crippen LogP contribution in [0.1, 0.15) is 11.1 Å². The molecular weight excluding hydrogens is 242 g/mol. The quantitative estimate of drug-likeness (QED) is 0.807. The van der Waals surface area contributed by atoms with Crippen LogP contribution < -0.4 is 10.6 Å². The van der Waals surface area contributed by atoms with Crippen molar-refractivity contribution in [3.8, 4) is 0 Å². The van der Waals surface area contributed by atoms with Gasteiger partial charge in [-0.2, -0.15) is 0 Å². The van der Waals surface area contributed by atoms with E-state index in [1.165, 1.54) is 5.56 Å². The number of pyridine rings is 1. The van der Waals surface area contributed by atoms with Gasteiger partial charge in [-0.1, -0.05) is 18.2 Å². The van der Waals surface area contributed by atoms with Crippen LogP contribution in [-0.4, -0.2) is 10.1 Å². The van der Waals surface area contributed by atoms with E-state index >= 15 is 0 Å². The molecule has 0 amide bonds. The second-order valence-electron chi connectivity index (χ2n) is 4.12. The topological polar surface area (TPSA) is 37.0 Å². The Morgan fingerprint density at radius 1 is 1.11 bits per heavy atom. The molecule has 18 heavy (non-hydrogen) atoms. The largest absolute Gasteiger partial charge is 0.332 e. The number of benzene rings is 1. The zero-order chi connectivity index (χ0) is 13.0. The van der Waals surface area contributed by atoms with Crippen molar-refractivity contribution in [2.45, 2.75) is 13.8 Å². The molecule has 0 aliphatic carbocycles. The van der Waals surface area contributed by atoms with Gasteiger partial charge in [0.25, 0.3) is 0 Å². The molecule has 2 N–H and O–H groups in total. The minimum Gasteiger partial charge on any atom is -0.332 e. The van der Waals surface area contributed by atoms with Gasteiger partial charge in [0.2, 0.25) is 0 Å². The van der Waals surface area contributed by atoms with E-state index in [9.17, 15) is 0 Å². The Kier molecular flexibility index (Phi) is 3.89. The Labute approximate surface area is 112 Å². The molecule has 0 saturated heterocycles. The summed E-state index contributed by atoms with van der Waals surface area (Å²) in [4.78, 5) is 4.24. The molecule has 0 saturated carbocycles. The maximum Gasteiger partial charge on any atom is 0.176 e. The number of aryl methyl sites for hydroxylation is 2. The molecule has 0 aliphatic rings. The molecule has 0 spiro atoms. The van der Waals surface area contributed by atoms with Gasteiger partial charge in [0.1, 0.15) is 5.82 Å². The smallest absolute Gasteiger partial charge is 0.176 e. The molecule has 1 heterocycles. The van der Waals surface area contributed by atoms with Crippen molar-refractivity contribution < 1.29 is 0 Å². The maximum atomic E-state index is 5.26. The summed E-state index contributed by atoms with van der Waals surface area (Å²) in [5.74, 6) is 0.780. The average molecular weight is 257 g/mol. The van der Waals surface area contributed by atoms with E-state index in [1.54, 1.807) is 6.20 Å². The Balaban J connectivity index is 2.03. The van der Waals surface area contributed by atoms with E-state index in [-0.39, 0.29) is 0 Å². The number of nitrogens with one attached hydrogen (secondary N) is 2. The molecule has 0 bridgehead atoms. The van der Waals surface area contributed by atoms with Crippen molar-refractivity contribution in [2.75, 3.05) is 10.6 Å². The van der Waals surface area contributed by atoms with Crippen LogP contribution in [0.2, 0.25) is 0 Å². The lowest BCUT2D eigenvalue weighted by Crippen LogP contribution is -2.20. The molecule has 0 atom stereocenters. The summed E-state index contributed by atoms with van der Waals surface area (Å²) in [5.41, 5.74) is 3.23. The number of nitrogens with zero attached hydrogens (tertiary/aromatic N) is 1. The van der Waals surface area contributed by atoms with E-state index < -0.39 is 0 Å². The normalized spacial score (nSPS) is 9.89. The van der Waals surface area contributed by atoms with Gasteiger partial charge in [0.15, 0.2) is 5.11 Å². The lowest BCUT2D eigenvalue weighted by molar-refractivity contribution is 1.27. The molecule has 1 aromatic carbocycles. The predicted octanol–water partition coefficient (Wildman–Crippen LogP) is 3.51. The van der Waals surface area contributed by atoms with Crippen LogP contribution in [0, 0.1) is 13.8 Å². The SMILES string of the molecule is Cc1cccc(NC(=S)Nc2ncccc2C)c1. The molecule has 0 fully saturated rings. The van der Waals surface area contributed by atoms with Crippen LogP contribution in [0.5, 0.6) is 0 Å². The summed E-state index contributed by atoms with van der Waals surface area (Å²) >= 11 is 5.26. The standard InChI is InChI=1S/C14H15N3S/c1-10-5-3-7-12(9-10)16-14(18)17-13-11(2)6-4-8-15-13/h3-9H,1-2H3,(H2,15,16,17,18). The molecular formula is C14H15N3S. The number of rotatable bonds is 2. The molecule has 0 radical (unpaired) electrons. The van der Waals surface area contributed by atoms with E-state index in [2.05, 4.69) is 15.6 Å². The number of anilines is 2. The van der Waals surface area contributed by atoms with Gasteiger partial charge < -0.3 is 10.6 Å². The lowest BCUT2D eigenvalue weighted by Gasteiger charge is -2.11. The molecule has 92 valence electrons. The number of aromatic nitrogens is 1. The summed E-state index contributed by atoms with van der Waals surface area (Å²) in [6, 6.07) is 11.9. The first-order valence-electron chi connectivity index (χ1n) is 5.71. The highest BCUT2D eigenvalue weighted by Crippen LogP contribution is 2.12. The number of hydrogen-bond acceptors (Lipinski definition) is 2. The molecule has 1 aromatic heterocycles. The van der Waals surface area contributed by atoms with Crippen molar-refractivity contribution in [2.24, 2.45) is 0 Å². The second-order valence-corrected chi connectivity index (χ2v) is 4.53. The highest BCUT2D eigenvalue weighted by Gasteiger charge is 2.02. The third-order valence-electron chi connectivity index (χ3n) is 2.52.